The molecule has 0 bridgehead atoms. The fourth-order valence-electron chi connectivity index (χ4n) is 3.66. The van der Waals surface area contributed by atoms with Gasteiger partial charge in [-0.2, -0.15) is 5.10 Å². The Morgan fingerprint density at radius 3 is 2.71 bits per heavy atom. The number of methoxy groups -OCH3 is 1. The molecule has 31 heavy (non-hydrogen) atoms. The summed E-state index contributed by atoms with van der Waals surface area (Å²) < 4.78 is 12.5. The minimum atomic E-state index is -0.123. The first-order valence-electron chi connectivity index (χ1n) is 10.6. The number of aromatic nitrogens is 2. The van der Waals surface area contributed by atoms with Gasteiger partial charge in [-0.25, -0.2) is 4.68 Å². The second-order valence-corrected chi connectivity index (χ2v) is 7.47. The van der Waals surface area contributed by atoms with E-state index in [4.69, 9.17) is 14.6 Å². The predicted molar refractivity (Wildman–Crippen MR) is 120 cm³/mol. The largest absolute Gasteiger partial charge is 0.497 e. The molecule has 2 aromatic carbocycles. The van der Waals surface area contributed by atoms with Crippen molar-refractivity contribution in [3.63, 3.8) is 0 Å². The van der Waals surface area contributed by atoms with Crippen LogP contribution in [0.1, 0.15) is 16.8 Å². The highest BCUT2D eigenvalue weighted by atomic mass is 16.5. The SMILES string of the molecule is COc1cccc(-c2nn(-c3ccccc3)cc2C(=O)NCCCN2CCOCC2)c1. The number of hydrogen-bond acceptors (Lipinski definition) is 5. The van der Waals surface area contributed by atoms with E-state index in [1.165, 1.54) is 0 Å². The maximum atomic E-state index is 13.1. The lowest BCUT2D eigenvalue weighted by Gasteiger charge is -2.26. The summed E-state index contributed by atoms with van der Waals surface area (Å²) in [6.45, 7) is 5.05. The molecule has 1 amide bonds. The van der Waals surface area contributed by atoms with Crippen LogP contribution in [0.4, 0.5) is 0 Å². The number of benzene rings is 2. The Morgan fingerprint density at radius 2 is 1.94 bits per heavy atom. The van der Waals surface area contributed by atoms with Crippen molar-refractivity contribution in [3.05, 3.63) is 66.4 Å². The number of hydrogen-bond donors (Lipinski definition) is 1. The molecule has 0 unspecified atom stereocenters. The van der Waals surface area contributed by atoms with Crippen LogP contribution in [0.3, 0.4) is 0 Å². The number of amides is 1. The third kappa shape index (κ3) is 5.31. The zero-order valence-corrected chi connectivity index (χ0v) is 17.8. The van der Waals surface area contributed by atoms with E-state index < -0.39 is 0 Å². The summed E-state index contributed by atoms with van der Waals surface area (Å²) in [6, 6.07) is 17.4. The quantitative estimate of drug-likeness (QED) is 0.568. The van der Waals surface area contributed by atoms with Crippen molar-refractivity contribution in [2.75, 3.05) is 46.5 Å². The number of ether oxygens (including phenoxy) is 2. The predicted octanol–water partition coefficient (Wildman–Crippen LogP) is 3.00. The lowest BCUT2D eigenvalue weighted by atomic mass is 10.1. The highest BCUT2D eigenvalue weighted by Crippen LogP contribution is 2.27. The summed E-state index contributed by atoms with van der Waals surface area (Å²) in [5.74, 6) is 0.602. The molecule has 0 atom stereocenters. The van der Waals surface area contributed by atoms with Crippen LogP contribution < -0.4 is 10.1 Å². The molecule has 0 radical (unpaired) electrons. The standard InChI is InChI=1S/C24H28N4O3/c1-30-21-10-5-7-19(17-21)23-22(18-28(26-23)20-8-3-2-4-9-20)24(29)25-11-6-12-27-13-15-31-16-14-27/h2-5,7-10,17-18H,6,11-16H2,1H3,(H,25,29). The highest BCUT2D eigenvalue weighted by Gasteiger charge is 2.19. The Morgan fingerprint density at radius 1 is 1.13 bits per heavy atom. The molecule has 0 saturated carbocycles. The first-order valence-corrected chi connectivity index (χ1v) is 10.6. The number of carbonyl (C=O) groups is 1. The van der Waals surface area contributed by atoms with Gasteiger partial charge in [0.15, 0.2) is 0 Å². The summed E-state index contributed by atoms with van der Waals surface area (Å²) in [4.78, 5) is 15.4. The molecule has 0 spiro atoms. The molecule has 1 fully saturated rings. The van der Waals surface area contributed by atoms with Gasteiger partial charge >= 0.3 is 0 Å². The number of nitrogens with one attached hydrogen (secondary N) is 1. The first-order chi connectivity index (χ1) is 15.2. The summed E-state index contributed by atoms with van der Waals surface area (Å²) in [7, 11) is 1.63. The van der Waals surface area contributed by atoms with Gasteiger partial charge in [0.2, 0.25) is 0 Å². The Balaban J connectivity index is 1.51. The minimum absolute atomic E-state index is 0.123. The first kappa shape index (κ1) is 21.1. The second-order valence-electron chi connectivity index (χ2n) is 7.47. The van der Waals surface area contributed by atoms with Crippen molar-refractivity contribution < 1.29 is 14.3 Å². The average Bonchev–Trinajstić information content (AvgIpc) is 3.29. The smallest absolute Gasteiger partial charge is 0.255 e. The zero-order chi connectivity index (χ0) is 21.5. The van der Waals surface area contributed by atoms with Gasteiger partial charge in [0.05, 0.1) is 31.6 Å². The molecule has 1 saturated heterocycles. The van der Waals surface area contributed by atoms with E-state index in [-0.39, 0.29) is 5.91 Å². The Labute approximate surface area is 182 Å². The molecule has 1 N–H and O–H groups in total. The number of carbonyl (C=O) groups excluding carboxylic acids is 1. The summed E-state index contributed by atoms with van der Waals surface area (Å²) in [6.07, 6.45) is 2.69. The normalized spacial score (nSPS) is 14.4. The number of nitrogens with zero attached hydrogens (tertiary/aromatic N) is 3. The van der Waals surface area contributed by atoms with Gasteiger partial charge in [-0.3, -0.25) is 9.69 Å². The van der Waals surface area contributed by atoms with Gasteiger partial charge in [-0.1, -0.05) is 30.3 Å². The number of rotatable bonds is 8. The van der Waals surface area contributed by atoms with E-state index in [1.54, 1.807) is 18.0 Å². The van der Waals surface area contributed by atoms with E-state index >= 15 is 0 Å². The monoisotopic (exact) mass is 420 g/mol. The van der Waals surface area contributed by atoms with Crippen molar-refractivity contribution in [1.82, 2.24) is 20.0 Å². The van der Waals surface area contributed by atoms with Crippen LogP contribution in [0, 0.1) is 0 Å². The van der Waals surface area contributed by atoms with Gasteiger partial charge in [-0.15, -0.1) is 0 Å². The van der Waals surface area contributed by atoms with Gasteiger partial charge in [0, 0.05) is 31.4 Å². The second kappa shape index (κ2) is 10.2. The topological polar surface area (TPSA) is 68.6 Å². The van der Waals surface area contributed by atoms with E-state index in [2.05, 4.69) is 10.2 Å². The molecule has 7 heteroatoms. The molecule has 2 heterocycles. The van der Waals surface area contributed by atoms with E-state index in [0.717, 1.165) is 56.3 Å². The maximum Gasteiger partial charge on any atom is 0.255 e. The number of morpholine rings is 1. The lowest BCUT2D eigenvalue weighted by molar-refractivity contribution is 0.0374. The molecular formula is C24H28N4O3. The fourth-order valence-corrected chi connectivity index (χ4v) is 3.66. The van der Waals surface area contributed by atoms with Crippen LogP contribution in [-0.2, 0) is 4.74 Å². The molecule has 7 nitrogen and oxygen atoms in total. The molecule has 0 aliphatic carbocycles. The highest BCUT2D eigenvalue weighted by molar-refractivity contribution is 6.00. The van der Waals surface area contributed by atoms with Crippen LogP contribution in [0.15, 0.2) is 60.8 Å². The van der Waals surface area contributed by atoms with Crippen molar-refractivity contribution >= 4 is 5.91 Å². The zero-order valence-electron chi connectivity index (χ0n) is 17.8. The van der Waals surface area contributed by atoms with Crippen LogP contribution >= 0.6 is 0 Å². The van der Waals surface area contributed by atoms with Gasteiger partial charge in [0.25, 0.3) is 5.91 Å². The van der Waals surface area contributed by atoms with E-state index in [1.807, 2.05) is 54.6 Å². The van der Waals surface area contributed by atoms with Crippen LogP contribution in [-0.4, -0.2) is 67.1 Å². The lowest BCUT2D eigenvalue weighted by Crippen LogP contribution is -2.38. The van der Waals surface area contributed by atoms with E-state index in [0.29, 0.717) is 17.8 Å². The maximum absolute atomic E-state index is 13.1. The Bertz CT molecular complexity index is 997. The number of para-hydroxylation sites is 1. The summed E-state index contributed by atoms with van der Waals surface area (Å²) >= 11 is 0. The van der Waals surface area contributed by atoms with Gasteiger partial charge in [-0.05, 0) is 37.2 Å². The van der Waals surface area contributed by atoms with Crippen molar-refractivity contribution in [3.8, 4) is 22.7 Å². The average molecular weight is 421 g/mol. The fraction of sp³-hybridized carbons (Fsp3) is 0.333. The van der Waals surface area contributed by atoms with Crippen LogP contribution in [0.2, 0.25) is 0 Å². The minimum Gasteiger partial charge on any atom is -0.497 e. The summed E-state index contributed by atoms with van der Waals surface area (Å²) in [5, 5.41) is 7.79. The van der Waals surface area contributed by atoms with Crippen molar-refractivity contribution in [1.29, 1.82) is 0 Å². The molecule has 1 aromatic heterocycles. The van der Waals surface area contributed by atoms with E-state index in [9.17, 15) is 4.79 Å². The summed E-state index contributed by atoms with van der Waals surface area (Å²) in [5.41, 5.74) is 2.92. The molecule has 162 valence electrons. The molecule has 1 aliphatic heterocycles. The Hall–Kier alpha value is -3.16. The van der Waals surface area contributed by atoms with Gasteiger partial charge in [0.1, 0.15) is 11.4 Å². The van der Waals surface area contributed by atoms with Crippen molar-refractivity contribution in [2.24, 2.45) is 0 Å². The van der Waals surface area contributed by atoms with Crippen molar-refractivity contribution in [2.45, 2.75) is 6.42 Å². The van der Waals surface area contributed by atoms with Gasteiger partial charge < -0.3 is 14.8 Å². The molecular weight excluding hydrogens is 392 g/mol. The Kier molecular flexibility index (Phi) is 6.96. The third-order valence-corrected chi connectivity index (χ3v) is 5.36. The van der Waals surface area contributed by atoms with Crippen LogP contribution in [0.5, 0.6) is 5.75 Å². The molecule has 4 rings (SSSR count). The third-order valence-electron chi connectivity index (χ3n) is 5.36. The molecule has 3 aromatic rings. The molecule has 1 aliphatic rings. The van der Waals surface area contributed by atoms with Crippen LogP contribution in [0.25, 0.3) is 16.9 Å².